The van der Waals surface area contributed by atoms with Crippen molar-refractivity contribution in [2.45, 2.75) is 26.6 Å². The summed E-state index contributed by atoms with van der Waals surface area (Å²) in [6.07, 6.45) is -0.502. The highest BCUT2D eigenvalue weighted by molar-refractivity contribution is 6.44. The fraction of sp³-hybridized carbons (Fsp3) is 0.167. The predicted octanol–water partition coefficient (Wildman–Crippen LogP) is 8.37. The number of amidine groups is 1. The number of fused-ring (bicyclic) bond motifs is 1. The maximum atomic E-state index is 13.3. The van der Waals surface area contributed by atoms with Gasteiger partial charge >= 0.3 is 0 Å². The number of hydrazone groups is 1. The Morgan fingerprint density at radius 2 is 1.53 bits per heavy atom. The van der Waals surface area contributed by atoms with Crippen molar-refractivity contribution in [3.63, 3.8) is 0 Å². The van der Waals surface area contributed by atoms with E-state index in [0.29, 0.717) is 23.2 Å². The largest absolute Gasteiger partial charge is 0.488 e. The minimum absolute atomic E-state index is 0.125. The lowest BCUT2D eigenvalue weighted by Gasteiger charge is -2.34. The van der Waals surface area contributed by atoms with E-state index in [1.165, 1.54) is 0 Å². The first-order valence-electron chi connectivity index (χ1n) is 14.2. The second-order valence-electron chi connectivity index (χ2n) is 10.9. The first-order valence-corrected chi connectivity index (χ1v) is 14.6. The summed E-state index contributed by atoms with van der Waals surface area (Å²) < 4.78 is 6.58. The van der Waals surface area contributed by atoms with Crippen molar-refractivity contribution in [2.75, 3.05) is 28.9 Å². The molecule has 0 fully saturated rings. The molecule has 0 saturated carbocycles. The number of halogens is 1. The Bertz CT molecular complexity index is 1800. The van der Waals surface area contributed by atoms with Gasteiger partial charge in [-0.1, -0.05) is 71.8 Å². The van der Waals surface area contributed by atoms with Gasteiger partial charge in [0, 0.05) is 43.0 Å². The van der Waals surface area contributed by atoms with Crippen LogP contribution < -0.4 is 19.5 Å². The zero-order valence-electron chi connectivity index (χ0n) is 24.7. The van der Waals surface area contributed by atoms with Crippen LogP contribution in [-0.4, -0.2) is 25.7 Å². The smallest absolute Gasteiger partial charge is 0.198 e. The van der Waals surface area contributed by atoms with E-state index in [1.807, 2.05) is 90.7 Å². The number of Topliss-reactive ketones (excluding diaryl/α,β-unsaturated/α-hetero) is 1. The Hall–Kier alpha value is -4.81. The van der Waals surface area contributed by atoms with Crippen LogP contribution in [0.25, 0.3) is 10.8 Å². The molecule has 6 nitrogen and oxygen atoms in total. The summed E-state index contributed by atoms with van der Waals surface area (Å²) in [5.41, 5.74) is 5.86. The summed E-state index contributed by atoms with van der Waals surface area (Å²) in [4.78, 5) is 17.3. The molecule has 5 aromatic rings. The Morgan fingerprint density at radius 1 is 0.860 bits per heavy atom. The van der Waals surface area contributed by atoms with Crippen LogP contribution in [0.2, 0.25) is 5.02 Å². The summed E-state index contributed by atoms with van der Waals surface area (Å²) in [7, 11) is 4.02. The van der Waals surface area contributed by atoms with Crippen LogP contribution in [0.4, 0.5) is 17.1 Å². The van der Waals surface area contributed by atoms with E-state index in [2.05, 4.69) is 54.3 Å². The van der Waals surface area contributed by atoms with Gasteiger partial charge < -0.3 is 9.64 Å². The number of ketones is 1. The van der Waals surface area contributed by atoms with Crippen LogP contribution in [0.1, 0.15) is 29.8 Å². The average Bonchev–Trinajstić information content (AvgIpc) is 3.41. The topological polar surface area (TPSA) is 48.4 Å². The van der Waals surface area contributed by atoms with Gasteiger partial charge in [-0.25, -0.2) is 5.01 Å². The Labute approximate surface area is 257 Å². The van der Waals surface area contributed by atoms with Crippen molar-refractivity contribution in [3.05, 3.63) is 131 Å². The lowest BCUT2D eigenvalue weighted by atomic mass is 9.99. The Kier molecular flexibility index (Phi) is 7.78. The molecule has 0 radical (unpaired) electrons. The van der Waals surface area contributed by atoms with E-state index in [1.54, 1.807) is 6.92 Å². The third-order valence-corrected chi connectivity index (χ3v) is 7.91. The van der Waals surface area contributed by atoms with Crippen molar-refractivity contribution in [2.24, 2.45) is 5.10 Å². The van der Waals surface area contributed by atoms with E-state index >= 15 is 0 Å². The number of anilines is 3. The highest BCUT2D eigenvalue weighted by atomic mass is 35.5. The highest BCUT2D eigenvalue weighted by Gasteiger charge is 2.41. The minimum atomic E-state index is -0.502. The van der Waals surface area contributed by atoms with Gasteiger partial charge in [0.15, 0.2) is 17.8 Å². The summed E-state index contributed by atoms with van der Waals surface area (Å²) >= 11 is 6.14. The minimum Gasteiger partial charge on any atom is -0.488 e. The monoisotopic (exact) mass is 588 g/mol. The van der Waals surface area contributed by atoms with Gasteiger partial charge in [-0.3, -0.25) is 9.69 Å². The van der Waals surface area contributed by atoms with Crippen LogP contribution in [0, 0.1) is 6.92 Å². The molecular formula is C36H33ClN4O2. The zero-order chi connectivity index (χ0) is 30.1. The lowest BCUT2D eigenvalue weighted by molar-refractivity contribution is -0.111. The fourth-order valence-electron chi connectivity index (χ4n) is 5.40. The first-order chi connectivity index (χ1) is 20.8. The van der Waals surface area contributed by atoms with Crippen molar-refractivity contribution >= 4 is 51.1 Å². The third kappa shape index (κ3) is 5.66. The SMILES string of the molecule is CC(=O)C1=NN(c2ccc(C)cc2)C(c2c(OCc3ccc(Cl)cc3)ccc3ccccc23)N1c1ccc(N(C)C)cc1. The normalized spacial score (nSPS) is 14.6. The van der Waals surface area contributed by atoms with E-state index in [9.17, 15) is 4.79 Å². The zero-order valence-corrected chi connectivity index (χ0v) is 25.4. The van der Waals surface area contributed by atoms with Crippen LogP contribution in [-0.2, 0) is 11.4 Å². The van der Waals surface area contributed by atoms with E-state index < -0.39 is 6.17 Å². The second kappa shape index (κ2) is 11.8. The molecule has 216 valence electrons. The third-order valence-electron chi connectivity index (χ3n) is 7.66. The fourth-order valence-corrected chi connectivity index (χ4v) is 5.53. The maximum absolute atomic E-state index is 13.3. The molecule has 0 bridgehead atoms. The van der Waals surface area contributed by atoms with Crippen molar-refractivity contribution in [3.8, 4) is 5.75 Å². The molecule has 0 N–H and O–H groups in total. The summed E-state index contributed by atoms with van der Waals surface area (Å²) in [5.74, 6) is 0.950. The molecule has 1 unspecified atom stereocenters. The van der Waals surface area contributed by atoms with Crippen molar-refractivity contribution < 1.29 is 9.53 Å². The summed E-state index contributed by atoms with van der Waals surface area (Å²) in [6.45, 7) is 3.98. The molecule has 1 aliphatic rings. The predicted molar refractivity (Wildman–Crippen MR) is 177 cm³/mol. The second-order valence-corrected chi connectivity index (χ2v) is 11.4. The van der Waals surface area contributed by atoms with Gasteiger partial charge in [-0.15, -0.1) is 5.10 Å². The molecule has 1 aliphatic heterocycles. The molecule has 0 aliphatic carbocycles. The van der Waals surface area contributed by atoms with Gasteiger partial charge in [-0.2, -0.15) is 0 Å². The molecule has 0 spiro atoms. The van der Waals surface area contributed by atoms with Crippen LogP contribution in [0.3, 0.4) is 0 Å². The van der Waals surface area contributed by atoms with Crippen LogP contribution in [0.5, 0.6) is 5.75 Å². The maximum Gasteiger partial charge on any atom is 0.198 e. The molecule has 1 heterocycles. The van der Waals surface area contributed by atoms with Gasteiger partial charge in [0.05, 0.1) is 5.69 Å². The number of aryl methyl sites for hydroxylation is 1. The Morgan fingerprint density at radius 3 is 2.21 bits per heavy atom. The van der Waals surface area contributed by atoms with E-state index in [4.69, 9.17) is 21.4 Å². The molecule has 43 heavy (non-hydrogen) atoms. The molecule has 0 aromatic heterocycles. The van der Waals surface area contributed by atoms with Gasteiger partial charge in [0.1, 0.15) is 12.4 Å². The van der Waals surface area contributed by atoms with Gasteiger partial charge in [-0.05, 0) is 77.9 Å². The number of carbonyl (C=O) groups is 1. The number of hydrogen-bond acceptors (Lipinski definition) is 6. The standard InChI is InChI=1S/C36H33ClN4O2/c1-24-9-16-31(17-10-24)41-36(40(35(38-41)25(2)42)30-20-18-29(19-21-30)39(3)4)34-32-8-6-5-7-27(32)13-22-33(34)43-23-26-11-14-28(37)15-12-26/h5-22,36H,23H2,1-4H3. The number of carbonyl (C=O) groups excluding carboxylic acids is 1. The molecular weight excluding hydrogens is 556 g/mol. The van der Waals surface area contributed by atoms with E-state index in [-0.39, 0.29) is 5.78 Å². The Balaban J connectivity index is 1.56. The van der Waals surface area contributed by atoms with Gasteiger partial charge in [0.25, 0.3) is 0 Å². The van der Waals surface area contributed by atoms with Crippen LogP contribution >= 0.6 is 11.6 Å². The first kappa shape index (κ1) is 28.3. The molecule has 0 saturated heterocycles. The molecule has 5 aromatic carbocycles. The lowest BCUT2D eigenvalue weighted by Crippen LogP contribution is -2.38. The highest BCUT2D eigenvalue weighted by Crippen LogP contribution is 2.45. The number of rotatable bonds is 8. The van der Waals surface area contributed by atoms with E-state index in [0.717, 1.165) is 44.5 Å². The van der Waals surface area contributed by atoms with Crippen LogP contribution in [0.15, 0.2) is 114 Å². The molecule has 6 rings (SSSR count). The average molecular weight is 589 g/mol. The molecule has 0 amide bonds. The summed E-state index contributed by atoms with van der Waals surface area (Å²) in [6, 6.07) is 36.4. The molecule has 1 atom stereocenters. The number of benzene rings is 5. The summed E-state index contributed by atoms with van der Waals surface area (Å²) in [5, 5.41) is 9.69. The number of nitrogens with zero attached hydrogens (tertiary/aromatic N) is 4. The number of hydrogen-bond donors (Lipinski definition) is 0. The number of ether oxygens (including phenoxy) is 1. The van der Waals surface area contributed by atoms with Crippen molar-refractivity contribution in [1.82, 2.24) is 0 Å². The van der Waals surface area contributed by atoms with Gasteiger partial charge in [0.2, 0.25) is 0 Å². The molecule has 7 heteroatoms. The quantitative estimate of drug-likeness (QED) is 0.182. The van der Waals surface area contributed by atoms with Crippen molar-refractivity contribution in [1.29, 1.82) is 0 Å².